The summed E-state index contributed by atoms with van der Waals surface area (Å²) in [7, 11) is 3.45. The van der Waals surface area contributed by atoms with Crippen LogP contribution in [0.2, 0.25) is 0 Å². The molecular formula is C21H20FNO2S. The summed E-state index contributed by atoms with van der Waals surface area (Å²) in [6.07, 6.45) is 0. The summed E-state index contributed by atoms with van der Waals surface area (Å²) >= 11 is 1.41. The molecule has 0 radical (unpaired) electrons. The Labute approximate surface area is 156 Å². The maximum Gasteiger partial charge on any atom is 0.232 e. The molecule has 0 aliphatic carbocycles. The Balaban J connectivity index is 1.61. The van der Waals surface area contributed by atoms with E-state index in [-0.39, 0.29) is 11.7 Å². The van der Waals surface area contributed by atoms with E-state index in [0.717, 1.165) is 27.0 Å². The number of benzene rings is 3. The summed E-state index contributed by atoms with van der Waals surface area (Å²) in [5.74, 6) is 0.920. The zero-order valence-electron chi connectivity index (χ0n) is 14.7. The second-order valence-corrected chi connectivity index (χ2v) is 7.09. The lowest BCUT2D eigenvalue weighted by Gasteiger charge is -2.17. The van der Waals surface area contributed by atoms with Crippen LogP contribution >= 0.6 is 11.8 Å². The molecule has 0 N–H and O–H groups in total. The van der Waals surface area contributed by atoms with Crippen LogP contribution in [0.1, 0.15) is 5.56 Å². The second-order valence-electron chi connectivity index (χ2n) is 6.04. The van der Waals surface area contributed by atoms with Crippen LogP contribution in [0.4, 0.5) is 4.39 Å². The second kappa shape index (κ2) is 8.23. The molecule has 26 heavy (non-hydrogen) atoms. The van der Waals surface area contributed by atoms with Crippen LogP contribution in [0.25, 0.3) is 10.8 Å². The molecule has 0 aliphatic rings. The summed E-state index contributed by atoms with van der Waals surface area (Å²) in [4.78, 5) is 14.9. The molecule has 0 heterocycles. The molecule has 0 saturated carbocycles. The van der Waals surface area contributed by atoms with Crippen molar-refractivity contribution in [3.63, 3.8) is 0 Å². The molecule has 0 aromatic heterocycles. The first-order valence-electron chi connectivity index (χ1n) is 8.24. The number of methoxy groups -OCH3 is 1. The molecule has 3 rings (SSSR count). The number of rotatable bonds is 6. The minimum Gasteiger partial charge on any atom is -0.497 e. The van der Waals surface area contributed by atoms with Crippen molar-refractivity contribution >= 4 is 28.4 Å². The van der Waals surface area contributed by atoms with Gasteiger partial charge in [0.2, 0.25) is 5.91 Å². The quantitative estimate of drug-likeness (QED) is 0.588. The Bertz CT molecular complexity index is 912. The van der Waals surface area contributed by atoms with Crippen molar-refractivity contribution in [2.24, 2.45) is 0 Å². The van der Waals surface area contributed by atoms with E-state index in [0.29, 0.717) is 12.3 Å². The van der Waals surface area contributed by atoms with Gasteiger partial charge in [0.25, 0.3) is 0 Å². The highest BCUT2D eigenvalue weighted by Gasteiger charge is 2.10. The summed E-state index contributed by atoms with van der Waals surface area (Å²) in [6.45, 7) is 0.546. The Kier molecular flexibility index (Phi) is 5.78. The molecule has 0 bridgehead atoms. The number of carbonyl (C=O) groups is 1. The standard InChI is InChI=1S/C21H20FNO2S/c1-23(21(24)14-26-20-9-6-18(22)7-10-20)13-15-3-4-17-12-19(25-2)8-5-16(17)11-15/h3-12H,13-14H2,1-2H3. The van der Waals surface area contributed by atoms with Gasteiger partial charge in [-0.15, -0.1) is 11.8 Å². The average Bonchev–Trinajstić information content (AvgIpc) is 2.66. The van der Waals surface area contributed by atoms with E-state index in [1.165, 1.54) is 23.9 Å². The van der Waals surface area contributed by atoms with E-state index >= 15 is 0 Å². The van der Waals surface area contributed by atoms with Crippen LogP contribution < -0.4 is 4.74 Å². The van der Waals surface area contributed by atoms with Crippen molar-refractivity contribution in [1.29, 1.82) is 0 Å². The zero-order chi connectivity index (χ0) is 18.5. The molecule has 0 spiro atoms. The van der Waals surface area contributed by atoms with Crippen LogP contribution in [-0.2, 0) is 11.3 Å². The van der Waals surface area contributed by atoms with Gasteiger partial charge < -0.3 is 9.64 Å². The third-order valence-electron chi connectivity index (χ3n) is 4.13. The fraction of sp³-hybridized carbons (Fsp3) is 0.190. The Morgan fingerprint density at radius 1 is 1.04 bits per heavy atom. The number of carbonyl (C=O) groups excluding carboxylic acids is 1. The number of ether oxygens (including phenoxy) is 1. The molecule has 0 unspecified atom stereocenters. The van der Waals surface area contributed by atoms with Gasteiger partial charge in [-0.05, 0) is 58.8 Å². The van der Waals surface area contributed by atoms with Gasteiger partial charge >= 0.3 is 0 Å². The molecule has 3 nitrogen and oxygen atoms in total. The van der Waals surface area contributed by atoms with Gasteiger partial charge in [0.05, 0.1) is 12.9 Å². The molecular weight excluding hydrogens is 349 g/mol. The van der Waals surface area contributed by atoms with Crippen molar-refractivity contribution in [3.8, 4) is 5.75 Å². The first-order chi connectivity index (χ1) is 12.5. The van der Waals surface area contributed by atoms with E-state index < -0.39 is 0 Å². The van der Waals surface area contributed by atoms with Gasteiger partial charge in [0.1, 0.15) is 11.6 Å². The summed E-state index contributed by atoms with van der Waals surface area (Å²) in [5, 5.41) is 2.22. The number of amides is 1. The lowest BCUT2D eigenvalue weighted by molar-refractivity contribution is -0.127. The minimum absolute atomic E-state index is 0.0363. The normalized spacial score (nSPS) is 10.7. The highest BCUT2D eigenvalue weighted by Crippen LogP contribution is 2.23. The molecule has 134 valence electrons. The van der Waals surface area contributed by atoms with Crippen LogP contribution in [0, 0.1) is 5.82 Å². The van der Waals surface area contributed by atoms with Crippen molar-refractivity contribution < 1.29 is 13.9 Å². The highest BCUT2D eigenvalue weighted by atomic mass is 32.2. The van der Waals surface area contributed by atoms with Crippen LogP contribution in [0.15, 0.2) is 65.6 Å². The Hall–Kier alpha value is -2.53. The van der Waals surface area contributed by atoms with E-state index in [9.17, 15) is 9.18 Å². The Morgan fingerprint density at radius 2 is 1.73 bits per heavy atom. The summed E-state index contributed by atoms with van der Waals surface area (Å²) in [5.41, 5.74) is 1.07. The number of halogens is 1. The van der Waals surface area contributed by atoms with E-state index in [1.807, 2.05) is 30.3 Å². The molecule has 3 aromatic carbocycles. The third-order valence-corrected chi connectivity index (χ3v) is 5.13. The van der Waals surface area contributed by atoms with Gasteiger partial charge in [-0.1, -0.05) is 18.2 Å². The third kappa shape index (κ3) is 4.55. The largest absolute Gasteiger partial charge is 0.497 e. The van der Waals surface area contributed by atoms with E-state index in [1.54, 1.807) is 31.2 Å². The molecule has 0 atom stereocenters. The molecule has 1 amide bonds. The monoisotopic (exact) mass is 369 g/mol. The van der Waals surface area contributed by atoms with Gasteiger partial charge in [0.15, 0.2) is 0 Å². The van der Waals surface area contributed by atoms with Crippen molar-refractivity contribution in [2.45, 2.75) is 11.4 Å². The fourth-order valence-corrected chi connectivity index (χ4v) is 3.49. The van der Waals surface area contributed by atoms with Gasteiger partial charge in [0, 0.05) is 18.5 Å². The topological polar surface area (TPSA) is 29.5 Å². The van der Waals surface area contributed by atoms with Crippen molar-refractivity contribution in [1.82, 2.24) is 4.90 Å². The van der Waals surface area contributed by atoms with Crippen LogP contribution in [-0.4, -0.2) is 30.7 Å². The molecule has 5 heteroatoms. The molecule has 3 aromatic rings. The number of fused-ring (bicyclic) bond motifs is 1. The lowest BCUT2D eigenvalue weighted by atomic mass is 10.1. The van der Waals surface area contributed by atoms with Crippen molar-refractivity contribution in [2.75, 3.05) is 19.9 Å². The van der Waals surface area contributed by atoms with E-state index in [2.05, 4.69) is 6.07 Å². The number of hydrogen-bond donors (Lipinski definition) is 0. The lowest BCUT2D eigenvalue weighted by Crippen LogP contribution is -2.27. The molecule has 0 aliphatic heterocycles. The minimum atomic E-state index is -0.272. The van der Waals surface area contributed by atoms with Gasteiger partial charge in [-0.25, -0.2) is 4.39 Å². The average molecular weight is 369 g/mol. The SMILES string of the molecule is COc1ccc2cc(CN(C)C(=O)CSc3ccc(F)cc3)ccc2c1. The molecule has 0 fully saturated rings. The van der Waals surface area contributed by atoms with Gasteiger partial charge in [-0.3, -0.25) is 4.79 Å². The number of thioether (sulfide) groups is 1. The Morgan fingerprint density at radius 3 is 2.46 bits per heavy atom. The maximum atomic E-state index is 12.9. The molecule has 0 saturated heterocycles. The highest BCUT2D eigenvalue weighted by molar-refractivity contribution is 8.00. The first kappa shape index (κ1) is 18.3. The van der Waals surface area contributed by atoms with Crippen LogP contribution in [0.3, 0.4) is 0 Å². The van der Waals surface area contributed by atoms with E-state index in [4.69, 9.17) is 4.74 Å². The van der Waals surface area contributed by atoms with Gasteiger partial charge in [-0.2, -0.15) is 0 Å². The maximum absolute atomic E-state index is 12.9. The van der Waals surface area contributed by atoms with Crippen LogP contribution in [0.5, 0.6) is 5.75 Å². The first-order valence-corrected chi connectivity index (χ1v) is 9.23. The summed E-state index contributed by atoms with van der Waals surface area (Å²) in [6, 6.07) is 18.3. The van der Waals surface area contributed by atoms with Crippen molar-refractivity contribution in [3.05, 3.63) is 72.0 Å². The number of hydrogen-bond acceptors (Lipinski definition) is 3. The zero-order valence-corrected chi connectivity index (χ0v) is 15.6. The number of nitrogens with zero attached hydrogens (tertiary/aromatic N) is 1. The predicted octanol–water partition coefficient (Wildman–Crippen LogP) is 4.74. The predicted molar refractivity (Wildman–Crippen MR) is 104 cm³/mol. The summed E-state index contributed by atoms with van der Waals surface area (Å²) < 4.78 is 18.2. The fourth-order valence-electron chi connectivity index (χ4n) is 2.65. The smallest absolute Gasteiger partial charge is 0.232 e.